The highest BCUT2D eigenvalue weighted by atomic mass is 16.6. The smallest absolute Gasteiger partial charge is 0.360 e. The number of methoxy groups -OCH3 is 1. The van der Waals surface area contributed by atoms with Gasteiger partial charge < -0.3 is 14.3 Å². The van der Waals surface area contributed by atoms with Crippen molar-refractivity contribution in [2.75, 3.05) is 14.2 Å². The molecule has 0 radical (unpaired) electrons. The number of esters is 1. The molecule has 114 valence electrons. The van der Waals surface area contributed by atoms with Gasteiger partial charge in [-0.1, -0.05) is 47.6 Å². The summed E-state index contributed by atoms with van der Waals surface area (Å²) in [5.74, 6) is -0.0508. The van der Waals surface area contributed by atoms with E-state index in [1.54, 1.807) is 18.2 Å². The average Bonchev–Trinajstić information content (AvgIpc) is 2.58. The fourth-order valence-electron chi connectivity index (χ4n) is 1.91. The Hall–Kier alpha value is -2.82. The molecule has 5 heteroatoms. The third-order valence-electron chi connectivity index (χ3n) is 2.94. The predicted molar refractivity (Wildman–Crippen MR) is 82.8 cm³/mol. The predicted octanol–water partition coefficient (Wildman–Crippen LogP) is 2.79. The molecule has 0 amide bonds. The van der Waals surface area contributed by atoms with Crippen molar-refractivity contribution < 1.29 is 19.1 Å². The Morgan fingerprint density at radius 2 is 1.68 bits per heavy atom. The molecule has 5 nitrogen and oxygen atoms in total. The topological polar surface area (TPSA) is 57.1 Å². The number of hydrogen-bond acceptors (Lipinski definition) is 5. The van der Waals surface area contributed by atoms with Gasteiger partial charge in [0.2, 0.25) is 0 Å². The van der Waals surface area contributed by atoms with Gasteiger partial charge >= 0.3 is 5.97 Å². The highest BCUT2D eigenvalue weighted by Gasteiger charge is 2.19. The van der Waals surface area contributed by atoms with Gasteiger partial charge in [-0.05, 0) is 17.7 Å². The van der Waals surface area contributed by atoms with Crippen LogP contribution in [0.3, 0.4) is 0 Å². The monoisotopic (exact) mass is 299 g/mol. The van der Waals surface area contributed by atoms with Gasteiger partial charge in [0, 0.05) is 0 Å². The minimum absolute atomic E-state index is 0.0636. The Balaban J connectivity index is 2.26. The Labute approximate surface area is 129 Å². The lowest BCUT2D eigenvalue weighted by atomic mass is 10.1. The summed E-state index contributed by atoms with van der Waals surface area (Å²) in [6, 6.07) is 16.9. The summed E-state index contributed by atoms with van der Waals surface area (Å²) in [5, 5.41) is 3.74. The Morgan fingerprint density at radius 3 is 2.36 bits per heavy atom. The summed E-state index contributed by atoms with van der Waals surface area (Å²) < 4.78 is 10.5. The number of nitrogens with zero attached hydrogens (tertiary/aromatic N) is 1. The van der Waals surface area contributed by atoms with Crippen LogP contribution >= 0.6 is 0 Å². The SMILES string of the molecule is CO/N=C(/C(=O)OC)c1ccccc1OCc1ccccc1. The zero-order valence-corrected chi connectivity index (χ0v) is 12.5. The number of oxime groups is 1. The molecular weight excluding hydrogens is 282 g/mol. The van der Waals surface area contributed by atoms with Crippen molar-refractivity contribution in [1.82, 2.24) is 0 Å². The van der Waals surface area contributed by atoms with Crippen molar-refractivity contribution in [2.24, 2.45) is 5.16 Å². The molecule has 0 unspecified atom stereocenters. The third-order valence-corrected chi connectivity index (χ3v) is 2.94. The molecule has 0 spiro atoms. The standard InChI is InChI=1S/C17H17NO4/c1-20-17(19)16(18-21-2)14-10-6-7-11-15(14)22-12-13-8-4-3-5-9-13/h3-11H,12H2,1-2H3/b18-16+. The summed E-state index contributed by atoms with van der Waals surface area (Å²) in [7, 11) is 2.66. The lowest BCUT2D eigenvalue weighted by Crippen LogP contribution is -2.18. The number of carbonyl (C=O) groups excluding carboxylic acids is 1. The molecule has 0 fully saturated rings. The van der Waals surface area contributed by atoms with Crippen LogP contribution in [0.15, 0.2) is 59.8 Å². The van der Waals surface area contributed by atoms with Gasteiger partial charge in [0.05, 0.1) is 12.7 Å². The lowest BCUT2D eigenvalue weighted by molar-refractivity contribution is -0.132. The minimum Gasteiger partial charge on any atom is -0.488 e. The lowest BCUT2D eigenvalue weighted by Gasteiger charge is -2.12. The zero-order valence-electron chi connectivity index (χ0n) is 12.5. The second-order valence-electron chi connectivity index (χ2n) is 4.38. The minimum atomic E-state index is -0.586. The molecule has 0 aliphatic rings. The molecule has 0 saturated heterocycles. The van der Waals surface area contributed by atoms with Gasteiger partial charge in [-0.25, -0.2) is 4.79 Å². The molecule has 0 bridgehead atoms. The van der Waals surface area contributed by atoms with E-state index in [4.69, 9.17) is 14.3 Å². The highest BCUT2D eigenvalue weighted by molar-refractivity contribution is 6.43. The Morgan fingerprint density at radius 1 is 1.00 bits per heavy atom. The summed E-state index contributed by atoms with van der Waals surface area (Å²) in [6.45, 7) is 0.388. The molecule has 2 rings (SSSR count). The van der Waals surface area contributed by atoms with E-state index in [1.165, 1.54) is 14.2 Å². The van der Waals surface area contributed by atoms with E-state index in [0.29, 0.717) is 17.9 Å². The molecule has 0 atom stereocenters. The molecule has 0 heterocycles. The van der Waals surface area contributed by atoms with Crippen molar-refractivity contribution >= 4 is 11.7 Å². The van der Waals surface area contributed by atoms with Crippen molar-refractivity contribution in [3.63, 3.8) is 0 Å². The summed E-state index contributed by atoms with van der Waals surface area (Å²) in [6.07, 6.45) is 0. The van der Waals surface area contributed by atoms with Gasteiger partial charge in [0.1, 0.15) is 19.5 Å². The van der Waals surface area contributed by atoms with Crippen LogP contribution in [-0.4, -0.2) is 25.9 Å². The number of hydrogen-bond donors (Lipinski definition) is 0. The van der Waals surface area contributed by atoms with E-state index in [0.717, 1.165) is 5.56 Å². The maximum atomic E-state index is 11.8. The molecule has 22 heavy (non-hydrogen) atoms. The van der Waals surface area contributed by atoms with Crippen molar-refractivity contribution in [1.29, 1.82) is 0 Å². The molecule has 0 aromatic heterocycles. The van der Waals surface area contributed by atoms with E-state index in [1.807, 2.05) is 36.4 Å². The quantitative estimate of drug-likeness (QED) is 0.467. The van der Waals surface area contributed by atoms with E-state index >= 15 is 0 Å². The van der Waals surface area contributed by atoms with Gasteiger partial charge in [-0.2, -0.15) is 0 Å². The Bertz CT molecular complexity index is 653. The molecule has 0 saturated carbocycles. The van der Waals surface area contributed by atoms with Crippen LogP contribution in [-0.2, 0) is 21.0 Å². The summed E-state index contributed by atoms with van der Waals surface area (Å²) >= 11 is 0. The molecule has 0 aliphatic heterocycles. The first-order valence-electron chi connectivity index (χ1n) is 6.72. The molecule has 0 aliphatic carbocycles. The first kappa shape index (κ1) is 15.6. The molecule has 0 N–H and O–H groups in total. The van der Waals surface area contributed by atoms with Crippen molar-refractivity contribution in [2.45, 2.75) is 6.61 Å². The summed E-state index contributed by atoms with van der Waals surface area (Å²) in [4.78, 5) is 16.6. The van der Waals surface area contributed by atoms with E-state index in [2.05, 4.69) is 5.16 Å². The fraction of sp³-hybridized carbons (Fsp3) is 0.176. The van der Waals surface area contributed by atoms with Crippen LogP contribution in [0.1, 0.15) is 11.1 Å². The van der Waals surface area contributed by atoms with Crippen LogP contribution < -0.4 is 4.74 Å². The molecular formula is C17H17NO4. The number of carbonyl (C=O) groups is 1. The first-order chi connectivity index (χ1) is 10.8. The maximum absolute atomic E-state index is 11.8. The van der Waals surface area contributed by atoms with Crippen molar-refractivity contribution in [3.8, 4) is 5.75 Å². The number of benzene rings is 2. The average molecular weight is 299 g/mol. The Kier molecular flexibility index (Phi) is 5.54. The van der Waals surface area contributed by atoms with Crippen LogP contribution in [0, 0.1) is 0 Å². The van der Waals surface area contributed by atoms with E-state index in [9.17, 15) is 4.79 Å². The largest absolute Gasteiger partial charge is 0.488 e. The molecule has 2 aromatic rings. The normalized spacial score (nSPS) is 10.9. The number of para-hydroxylation sites is 1. The van der Waals surface area contributed by atoms with Gasteiger partial charge in [-0.3, -0.25) is 0 Å². The first-order valence-corrected chi connectivity index (χ1v) is 6.72. The third kappa shape index (κ3) is 3.85. The van der Waals surface area contributed by atoms with Gasteiger partial charge in [0.25, 0.3) is 0 Å². The number of ether oxygens (including phenoxy) is 2. The van der Waals surface area contributed by atoms with E-state index < -0.39 is 5.97 Å². The second kappa shape index (κ2) is 7.83. The summed E-state index contributed by atoms with van der Waals surface area (Å²) in [5.41, 5.74) is 1.61. The zero-order chi connectivity index (χ0) is 15.8. The van der Waals surface area contributed by atoms with Gasteiger partial charge in [-0.15, -0.1) is 0 Å². The van der Waals surface area contributed by atoms with Crippen molar-refractivity contribution in [3.05, 3.63) is 65.7 Å². The van der Waals surface area contributed by atoms with Crippen LogP contribution in [0.2, 0.25) is 0 Å². The van der Waals surface area contributed by atoms with Crippen LogP contribution in [0.25, 0.3) is 0 Å². The van der Waals surface area contributed by atoms with E-state index in [-0.39, 0.29) is 5.71 Å². The van der Waals surface area contributed by atoms with Gasteiger partial charge in [0.15, 0.2) is 5.71 Å². The highest BCUT2D eigenvalue weighted by Crippen LogP contribution is 2.21. The van der Waals surface area contributed by atoms with Crippen LogP contribution in [0.4, 0.5) is 0 Å². The molecule has 2 aromatic carbocycles. The number of rotatable bonds is 6. The van der Waals surface area contributed by atoms with Crippen LogP contribution in [0.5, 0.6) is 5.75 Å². The fourth-order valence-corrected chi connectivity index (χ4v) is 1.91. The maximum Gasteiger partial charge on any atom is 0.360 e. The second-order valence-corrected chi connectivity index (χ2v) is 4.38.